The molecule has 4 fully saturated rings. The first kappa shape index (κ1) is 60.9. The Morgan fingerprint density at radius 3 is 1.54 bits per heavy atom. The molecule has 0 aliphatic carbocycles. The van der Waals surface area contributed by atoms with Crippen LogP contribution in [0, 0.1) is 25.7 Å². The Labute approximate surface area is 479 Å². The fourth-order valence-electron chi connectivity index (χ4n) is 10.6. The summed E-state index contributed by atoms with van der Waals surface area (Å²) >= 11 is 0. The molecule has 0 saturated carbocycles. The molecule has 442 valence electrons. The molecular formula is C61H79F3N10O8. The number of alkyl halides is 3. The third-order valence-corrected chi connectivity index (χ3v) is 15.5. The van der Waals surface area contributed by atoms with Crippen molar-refractivity contribution in [1.82, 2.24) is 30.0 Å². The SMILES string of the molecule is CC[C@@H]1CCN(C(=O)Nc2ccc(C)c(-c3cc(C4=CCN(C(=O)OC(C)(C)C)C4)nc(N4CCOCC4)c3)c2)C1.CC[C@@H]1CCN(C(=O)Nc2ccc(C)c(-c3cc(C4=CCNC4)nc(N4CCOCC4)c3)c2)C1.O=C(O)C(F)(F)F. The number of rotatable bonds is 10. The van der Waals surface area contributed by atoms with Crippen molar-refractivity contribution in [2.75, 3.05) is 125 Å². The van der Waals surface area contributed by atoms with E-state index >= 15 is 0 Å². The van der Waals surface area contributed by atoms with Crippen LogP contribution >= 0.6 is 0 Å². The third kappa shape index (κ3) is 16.3. The number of hydrogen-bond donors (Lipinski definition) is 4. The number of nitrogens with one attached hydrogen (secondary N) is 3. The number of urea groups is 2. The number of carbonyl (C=O) groups is 4. The lowest BCUT2D eigenvalue weighted by molar-refractivity contribution is -0.192. The van der Waals surface area contributed by atoms with Gasteiger partial charge in [-0.15, -0.1) is 0 Å². The highest BCUT2D eigenvalue weighted by molar-refractivity contribution is 5.92. The molecule has 2 aromatic heterocycles. The van der Waals surface area contributed by atoms with E-state index in [1.807, 2.05) is 42.7 Å². The molecule has 6 aliphatic heterocycles. The summed E-state index contributed by atoms with van der Waals surface area (Å²) in [6.45, 7) is 26.1. The number of amides is 5. The van der Waals surface area contributed by atoms with Crippen LogP contribution in [0.1, 0.15) is 82.8 Å². The molecule has 0 bridgehead atoms. The summed E-state index contributed by atoms with van der Waals surface area (Å²) in [5, 5.41) is 16.8. The van der Waals surface area contributed by atoms with Gasteiger partial charge in [-0.05, 0) is 152 Å². The first-order valence-electron chi connectivity index (χ1n) is 28.6. The summed E-state index contributed by atoms with van der Waals surface area (Å²) in [5.41, 5.74) is 11.7. The first-order valence-corrected chi connectivity index (χ1v) is 28.6. The van der Waals surface area contributed by atoms with Crippen molar-refractivity contribution in [1.29, 1.82) is 0 Å². The Balaban J connectivity index is 0.000000195. The number of likely N-dealkylation sites (tertiary alicyclic amines) is 2. The highest BCUT2D eigenvalue weighted by Gasteiger charge is 2.38. The van der Waals surface area contributed by atoms with Crippen LogP contribution in [0.4, 0.5) is 50.6 Å². The topological polar surface area (TPSA) is 194 Å². The zero-order valence-corrected chi connectivity index (χ0v) is 48.3. The maximum absolute atomic E-state index is 13.0. The van der Waals surface area contributed by atoms with Crippen LogP contribution in [-0.2, 0) is 19.0 Å². The van der Waals surface area contributed by atoms with E-state index in [0.29, 0.717) is 38.1 Å². The Morgan fingerprint density at radius 1 is 0.671 bits per heavy atom. The summed E-state index contributed by atoms with van der Waals surface area (Å²) in [5.74, 6) is 0.313. The summed E-state index contributed by atoms with van der Waals surface area (Å²) in [6, 6.07) is 20.8. The highest BCUT2D eigenvalue weighted by atomic mass is 19.4. The van der Waals surface area contributed by atoms with Gasteiger partial charge >= 0.3 is 30.3 Å². The first-order chi connectivity index (χ1) is 39.1. The molecule has 0 radical (unpaired) electrons. The molecule has 4 saturated heterocycles. The lowest BCUT2D eigenvalue weighted by atomic mass is 9.98. The molecule has 4 aromatic rings. The van der Waals surface area contributed by atoms with Gasteiger partial charge in [0.05, 0.1) is 44.4 Å². The minimum Gasteiger partial charge on any atom is -0.475 e. The average molecular weight is 1140 g/mol. The molecule has 18 nitrogen and oxygen atoms in total. The summed E-state index contributed by atoms with van der Waals surface area (Å²) in [4.78, 5) is 67.7. The fraction of sp³-hybridized carbons (Fsp3) is 0.508. The number of carbonyl (C=O) groups excluding carboxylic acids is 3. The number of aromatic nitrogens is 2. The molecule has 6 aliphatic rings. The van der Waals surface area contributed by atoms with Gasteiger partial charge in [0.1, 0.15) is 17.2 Å². The Bertz CT molecular complexity index is 2990. The standard InChI is InChI=1S/C32H43N5O4.C27H35N5O2.C2HF3O2/c1-6-23-9-11-36(20-23)30(38)33-26-8-7-22(2)27(19-26)25-17-28(34-29(18-25)35-13-15-40-16-14-35)24-10-12-37(21-24)31(39)41-32(3,4)5;1-3-20-7-9-32(18-20)27(33)29-23-5-4-19(2)24(16-23)22-14-25(21-6-8-28-17-21)30-26(15-22)31-10-12-34-13-11-31;3-2(4,5)1(6)7/h7-8,10,17-19,23H,6,9,11-16,20-21H2,1-5H3,(H,33,38);4-6,14-16,20,28H,3,7-13,17-18H2,1-2H3,(H,29,33);(H,6,7)/t23-;20-;/m11./s1. The minimum atomic E-state index is -5.08. The second-order valence-electron chi connectivity index (χ2n) is 22.6. The van der Waals surface area contributed by atoms with Crippen LogP contribution < -0.4 is 25.8 Å². The largest absolute Gasteiger partial charge is 0.490 e. The Hall–Kier alpha value is -7.23. The molecule has 4 N–H and O–H groups in total. The van der Waals surface area contributed by atoms with E-state index in [1.54, 1.807) is 4.90 Å². The van der Waals surface area contributed by atoms with Crippen LogP contribution in [0.5, 0.6) is 0 Å². The number of aryl methyl sites for hydroxylation is 2. The van der Waals surface area contributed by atoms with Crippen molar-refractivity contribution in [2.45, 2.75) is 85.9 Å². The Kier molecular flexibility index (Phi) is 20.2. The number of hydrogen-bond acceptors (Lipinski definition) is 12. The molecule has 21 heteroatoms. The maximum atomic E-state index is 13.0. The van der Waals surface area contributed by atoms with Gasteiger partial charge in [-0.1, -0.05) is 51.0 Å². The summed E-state index contributed by atoms with van der Waals surface area (Å²) < 4.78 is 48.5. The second kappa shape index (κ2) is 27.2. The van der Waals surface area contributed by atoms with E-state index < -0.39 is 17.7 Å². The van der Waals surface area contributed by atoms with Crippen molar-refractivity contribution < 1.29 is 51.7 Å². The van der Waals surface area contributed by atoms with Crippen LogP contribution in [0.25, 0.3) is 33.4 Å². The smallest absolute Gasteiger partial charge is 0.475 e. The number of aliphatic carboxylic acids is 1. The number of halogens is 3. The van der Waals surface area contributed by atoms with Crippen LogP contribution in [0.2, 0.25) is 0 Å². The number of pyridine rings is 2. The van der Waals surface area contributed by atoms with Crippen molar-refractivity contribution in [3.63, 3.8) is 0 Å². The maximum Gasteiger partial charge on any atom is 0.490 e. The number of carboxylic acids is 1. The van der Waals surface area contributed by atoms with Gasteiger partial charge in [-0.3, -0.25) is 0 Å². The number of carboxylic acid groups (broad SMARTS) is 1. The van der Waals surface area contributed by atoms with E-state index in [4.69, 9.17) is 34.1 Å². The van der Waals surface area contributed by atoms with Crippen molar-refractivity contribution in [2.24, 2.45) is 11.8 Å². The van der Waals surface area contributed by atoms with E-state index in [1.165, 1.54) is 11.1 Å². The van der Waals surface area contributed by atoms with Crippen molar-refractivity contribution >= 4 is 58.3 Å². The number of nitrogens with zero attached hydrogens (tertiary/aromatic N) is 7. The number of anilines is 4. The van der Waals surface area contributed by atoms with E-state index in [9.17, 15) is 27.6 Å². The molecule has 2 aromatic carbocycles. The van der Waals surface area contributed by atoms with Crippen LogP contribution in [0.15, 0.2) is 72.8 Å². The number of morpholine rings is 2. The monoisotopic (exact) mass is 1140 g/mol. The zero-order chi connectivity index (χ0) is 58.7. The van der Waals surface area contributed by atoms with Gasteiger partial charge in [0, 0.05) is 83.4 Å². The third-order valence-electron chi connectivity index (χ3n) is 15.5. The van der Waals surface area contributed by atoms with E-state index in [-0.39, 0.29) is 18.2 Å². The van der Waals surface area contributed by atoms with Gasteiger partial charge in [-0.25, -0.2) is 29.1 Å². The summed E-state index contributed by atoms with van der Waals surface area (Å²) in [7, 11) is 0. The fourth-order valence-corrected chi connectivity index (χ4v) is 10.6. The molecule has 82 heavy (non-hydrogen) atoms. The molecule has 0 unspecified atom stereocenters. The molecule has 8 heterocycles. The second-order valence-corrected chi connectivity index (χ2v) is 22.6. The van der Waals surface area contributed by atoms with Gasteiger partial charge in [-0.2, -0.15) is 13.2 Å². The predicted octanol–water partition coefficient (Wildman–Crippen LogP) is 10.6. The number of benzene rings is 2. The molecule has 0 spiro atoms. The molecule has 5 amide bonds. The number of ether oxygens (including phenoxy) is 3. The summed E-state index contributed by atoms with van der Waals surface area (Å²) in [6.07, 6.45) is 3.25. The lowest BCUT2D eigenvalue weighted by Crippen LogP contribution is -2.37. The predicted molar refractivity (Wildman–Crippen MR) is 313 cm³/mol. The van der Waals surface area contributed by atoms with Crippen LogP contribution in [-0.4, -0.2) is 171 Å². The average Bonchev–Trinajstić information content (AvgIpc) is 4.47. The van der Waals surface area contributed by atoms with Gasteiger partial charge in [0.2, 0.25) is 0 Å². The van der Waals surface area contributed by atoms with E-state index in [0.717, 1.165) is 172 Å². The zero-order valence-electron chi connectivity index (χ0n) is 48.3. The molecule has 2 atom stereocenters. The van der Waals surface area contributed by atoms with Crippen molar-refractivity contribution in [3.8, 4) is 22.3 Å². The highest BCUT2D eigenvalue weighted by Crippen LogP contribution is 2.35. The molecule has 10 rings (SSSR count). The molecular weight excluding hydrogens is 1060 g/mol. The van der Waals surface area contributed by atoms with Gasteiger partial charge in [0.15, 0.2) is 0 Å². The van der Waals surface area contributed by atoms with E-state index in [2.05, 4.69) is 114 Å². The van der Waals surface area contributed by atoms with Crippen LogP contribution in [0.3, 0.4) is 0 Å². The van der Waals surface area contributed by atoms with Gasteiger partial charge < -0.3 is 59.8 Å². The Morgan fingerprint density at radius 2 is 1.13 bits per heavy atom. The lowest BCUT2D eigenvalue weighted by Gasteiger charge is -2.29. The quantitative estimate of drug-likeness (QED) is 0.117. The minimum absolute atomic E-state index is 0.00244. The van der Waals surface area contributed by atoms with Crippen molar-refractivity contribution in [3.05, 3.63) is 95.3 Å². The van der Waals surface area contributed by atoms with Gasteiger partial charge in [0.25, 0.3) is 0 Å². The normalized spacial score (nSPS) is 19.2.